The predicted octanol–water partition coefficient (Wildman–Crippen LogP) is 4.39. The van der Waals surface area contributed by atoms with Gasteiger partial charge in [0, 0.05) is 18.1 Å². The third-order valence-electron chi connectivity index (χ3n) is 5.50. The highest BCUT2D eigenvalue weighted by molar-refractivity contribution is 6.31. The molecular formula is C21H21ClF3N5O2. The molecule has 0 unspecified atom stereocenters. The zero-order chi connectivity index (χ0) is 22.9. The number of rotatable bonds is 5. The second kappa shape index (κ2) is 8.95. The molecule has 1 aromatic heterocycles. The number of nitrogens with one attached hydrogen (secondary N) is 1. The molecule has 0 saturated carbocycles. The van der Waals surface area contributed by atoms with E-state index in [-0.39, 0.29) is 24.0 Å². The molecule has 0 radical (unpaired) electrons. The SMILES string of the molecule is COc1ccc(Cl)cc1NC(=O)CN1CCC(n2nnc3cc(C(F)(F)F)ccc32)CC1. The van der Waals surface area contributed by atoms with Gasteiger partial charge in [-0.2, -0.15) is 13.2 Å². The summed E-state index contributed by atoms with van der Waals surface area (Å²) in [4.78, 5) is 14.5. The van der Waals surface area contributed by atoms with Crippen molar-refractivity contribution in [1.82, 2.24) is 19.9 Å². The fourth-order valence-corrected chi connectivity index (χ4v) is 4.05. The van der Waals surface area contributed by atoms with Gasteiger partial charge < -0.3 is 10.1 Å². The van der Waals surface area contributed by atoms with Crippen molar-refractivity contribution >= 4 is 34.2 Å². The number of carbonyl (C=O) groups is 1. The van der Waals surface area contributed by atoms with Crippen LogP contribution in [-0.2, 0) is 11.0 Å². The van der Waals surface area contributed by atoms with Crippen LogP contribution >= 0.6 is 11.6 Å². The lowest BCUT2D eigenvalue weighted by molar-refractivity contribution is -0.137. The molecule has 170 valence electrons. The Morgan fingerprint density at radius 3 is 2.66 bits per heavy atom. The number of methoxy groups -OCH3 is 1. The molecule has 7 nitrogen and oxygen atoms in total. The second-order valence-electron chi connectivity index (χ2n) is 7.64. The summed E-state index contributed by atoms with van der Waals surface area (Å²) in [5, 5.41) is 11.3. The zero-order valence-corrected chi connectivity index (χ0v) is 18.0. The summed E-state index contributed by atoms with van der Waals surface area (Å²) >= 11 is 6.00. The van der Waals surface area contributed by atoms with Gasteiger partial charge in [0.05, 0.1) is 36.5 Å². The number of nitrogens with zero attached hydrogens (tertiary/aromatic N) is 4. The minimum atomic E-state index is -4.42. The Kier molecular flexibility index (Phi) is 6.25. The molecule has 0 spiro atoms. The lowest BCUT2D eigenvalue weighted by atomic mass is 10.0. The zero-order valence-electron chi connectivity index (χ0n) is 17.2. The predicted molar refractivity (Wildman–Crippen MR) is 114 cm³/mol. The van der Waals surface area contributed by atoms with Crippen molar-refractivity contribution in [1.29, 1.82) is 0 Å². The molecule has 1 saturated heterocycles. The summed E-state index contributed by atoms with van der Waals surface area (Å²) in [5.74, 6) is 0.336. The average molecular weight is 468 g/mol. The van der Waals surface area contributed by atoms with E-state index in [4.69, 9.17) is 16.3 Å². The van der Waals surface area contributed by atoms with Crippen molar-refractivity contribution in [2.75, 3.05) is 32.1 Å². The molecule has 1 aliphatic rings. The second-order valence-corrected chi connectivity index (χ2v) is 8.07. The fraction of sp³-hybridized carbons (Fsp3) is 0.381. The van der Waals surface area contributed by atoms with Gasteiger partial charge in [0.25, 0.3) is 0 Å². The Morgan fingerprint density at radius 1 is 1.22 bits per heavy atom. The monoisotopic (exact) mass is 467 g/mol. The number of benzene rings is 2. The highest BCUT2D eigenvalue weighted by Crippen LogP contribution is 2.32. The van der Waals surface area contributed by atoms with Crippen LogP contribution in [0.4, 0.5) is 18.9 Å². The van der Waals surface area contributed by atoms with E-state index >= 15 is 0 Å². The largest absolute Gasteiger partial charge is 0.495 e. The molecule has 1 aliphatic heterocycles. The normalized spacial score (nSPS) is 15.8. The molecular weight excluding hydrogens is 447 g/mol. The number of hydrogen-bond acceptors (Lipinski definition) is 5. The summed E-state index contributed by atoms with van der Waals surface area (Å²) in [6, 6.07) is 8.47. The smallest absolute Gasteiger partial charge is 0.416 e. The first-order valence-corrected chi connectivity index (χ1v) is 10.4. The van der Waals surface area contributed by atoms with Crippen LogP contribution in [0.15, 0.2) is 36.4 Å². The van der Waals surface area contributed by atoms with Gasteiger partial charge in [-0.25, -0.2) is 4.68 Å². The molecule has 4 rings (SSSR count). The first-order chi connectivity index (χ1) is 15.2. The van der Waals surface area contributed by atoms with Crippen LogP contribution in [0.1, 0.15) is 24.4 Å². The van der Waals surface area contributed by atoms with E-state index in [0.29, 0.717) is 47.9 Å². The number of anilines is 1. The summed E-state index contributed by atoms with van der Waals surface area (Å²) in [6.07, 6.45) is -3.01. The van der Waals surface area contributed by atoms with Crippen molar-refractivity contribution in [3.8, 4) is 5.75 Å². The molecule has 1 amide bonds. The topological polar surface area (TPSA) is 72.3 Å². The van der Waals surface area contributed by atoms with E-state index in [9.17, 15) is 18.0 Å². The molecule has 1 N–H and O–H groups in total. The van der Waals surface area contributed by atoms with Crippen molar-refractivity contribution in [3.05, 3.63) is 47.0 Å². The lowest BCUT2D eigenvalue weighted by Crippen LogP contribution is -2.39. The number of amides is 1. The van der Waals surface area contributed by atoms with Gasteiger partial charge in [-0.15, -0.1) is 5.10 Å². The third-order valence-corrected chi connectivity index (χ3v) is 5.74. The molecule has 11 heteroatoms. The minimum absolute atomic E-state index is 0.00377. The first kappa shape index (κ1) is 22.3. The number of halogens is 4. The van der Waals surface area contributed by atoms with Crippen molar-refractivity contribution < 1.29 is 22.7 Å². The minimum Gasteiger partial charge on any atom is -0.495 e. The number of piperidine rings is 1. The third kappa shape index (κ3) is 4.81. The van der Waals surface area contributed by atoms with Crippen LogP contribution in [-0.4, -0.2) is 52.5 Å². The van der Waals surface area contributed by atoms with Crippen molar-refractivity contribution in [2.24, 2.45) is 0 Å². The number of ether oxygens (including phenoxy) is 1. The van der Waals surface area contributed by atoms with Crippen LogP contribution in [0.2, 0.25) is 5.02 Å². The fourth-order valence-electron chi connectivity index (χ4n) is 3.88. The molecule has 3 aromatic rings. The number of hydrogen-bond donors (Lipinski definition) is 1. The van der Waals surface area contributed by atoms with E-state index in [2.05, 4.69) is 15.6 Å². The number of carbonyl (C=O) groups excluding carboxylic acids is 1. The summed E-state index contributed by atoms with van der Waals surface area (Å²) in [7, 11) is 1.52. The molecule has 2 heterocycles. The maximum absolute atomic E-state index is 12.9. The molecule has 32 heavy (non-hydrogen) atoms. The van der Waals surface area contributed by atoms with Gasteiger partial charge in [0.1, 0.15) is 11.3 Å². The van der Waals surface area contributed by atoms with Crippen LogP contribution in [0, 0.1) is 0 Å². The van der Waals surface area contributed by atoms with Gasteiger partial charge in [-0.05, 0) is 49.2 Å². The van der Waals surface area contributed by atoms with Gasteiger partial charge in [0.15, 0.2) is 0 Å². The Hall–Kier alpha value is -2.85. The van der Waals surface area contributed by atoms with E-state index in [1.165, 1.54) is 13.2 Å². The number of alkyl halides is 3. The maximum atomic E-state index is 12.9. The lowest BCUT2D eigenvalue weighted by Gasteiger charge is -2.31. The average Bonchev–Trinajstić information content (AvgIpc) is 3.17. The molecule has 0 atom stereocenters. The Balaban J connectivity index is 1.36. The highest BCUT2D eigenvalue weighted by Gasteiger charge is 2.31. The van der Waals surface area contributed by atoms with E-state index in [0.717, 1.165) is 12.1 Å². The summed E-state index contributed by atoms with van der Waals surface area (Å²) in [5.41, 5.74) is 0.556. The number of fused-ring (bicyclic) bond motifs is 1. The highest BCUT2D eigenvalue weighted by atomic mass is 35.5. The number of aromatic nitrogens is 3. The van der Waals surface area contributed by atoms with Crippen molar-refractivity contribution in [3.63, 3.8) is 0 Å². The van der Waals surface area contributed by atoms with Crippen molar-refractivity contribution in [2.45, 2.75) is 25.1 Å². The Labute approximate surface area is 187 Å². The maximum Gasteiger partial charge on any atom is 0.416 e. The molecule has 1 fully saturated rings. The van der Waals surface area contributed by atoms with Crippen LogP contribution < -0.4 is 10.1 Å². The molecule has 2 aromatic carbocycles. The van der Waals surface area contributed by atoms with Crippen LogP contribution in [0.25, 0.3) is 11.0 Å². The van der Waals surface area contributed by atoms with Gasteiger partial charge >= 0.3 is 6.18 Å². The van der Waals surface area contributed by atoms with E-state index < -0.39 is 11.7 Å². The standard InChI is InChI=1S/C21H21ClF3N5O2/c1-32-19-5-3-14(22)11-17(19)26-20(31)12-29-8-6-15(7-9-29)30-18-4-2-13(21(23,24)25)10-16(18)27-28-30/h2-5,10-11,15H,6-9,12H2,1H3,(H,26,31). The first-order valence-electron chi connectivity index (χ1n) is 10.0. The Bertz CT molecular complexity index is 1130. The van der Waals surface area contributed by atoms with E-state index in [1.54, 1.807) is 22.9 Å². The van der Waals surface area contributed by atoms with Gasteiger partial charge in [-0.3, -0.25) is 9.69 Å². The van der Waals surface area contributed by atoms with Gasteiger partial charge in [-0.1, -0.05) is 16.8 Å². The van der Waals surface area contributed by atoms with E-state index in [1.807, 2.05) is 4.90 Å². The Morgan fingerprint density at radius 2 is 1.97 bits per heavy atom. The quantitative estimate of drug-likeness (QED) is 0.602. The summed E-state index contributed by atoms with van der Waals surface area (Å²) in [6.45, 7) is 1.49. The molecule has 0 aliphatic carbocycles. The van der Waals surface area contributed by atoms with Gasteiger partial charge in [0.2, 0.25) is 5.91 Å². The summed E-state index contributed by atoms with van der Waals surface area (Å²) < 4.78 is 45.7. The molecule has 0 bridgehead atoms. The number of likely N-dealkylation sites (tertiary alicyclic amines) is 1. The van der Waals surface area contributed by atoms with Crippen LogP contribution in [0.5, 0.6) is 5.75 Å². The van der Waals surface area contributed by atoms with Crippen LogP contribution in [0.3, 0.4) is 0 Å².